The highest BCUT2D eigenvalue weighted by molar-refractivity contribution is 4.86. The third-order valence-corrected chi connectivity index (χ3v) is 5.96. The Morgan fingerprint density at radius 3 is 1.25 bits per heavy atom. The molecule has 5 unspecified atom stereocenters. The highest BCUT2D eigenvalue weighted by atomic mass is 14.4. The van der Waals surface area contributed by atoms with Gasteiger partial charge in [-0.1, -0.05) is 82.1 Å². The first-order valence-electron chi connectivity index (χ1n) is 9.18. The molecule has 0 rings (SSSR count). The highest BCUT2D eigenvalue weighted by Gasteiger charge is 2.37. The Labute approximate surface area is 130 Å². The molecule has 122 valence electrons. The predicted molar refractivity (Wildman–Crippen MR) is 93.9 cm³/mol. The largest absolute Gasteiger partial charge is 0.0651 e. The van der Waals surface area contributed by atoms with Crippen molar-refractivity contribution in [3.05, 3.63) is 0 Å². The zero-order valence-corrected chi connectivity index (χ0v) is 16.0. The Morgan fingerprint density at radius 2 is 1.00 bits per heavy atom. The Hall–Kier alpha value is 0. The van der Waals surface area contributed by atoms with Gasteiger partial charge in [0.15, 0.2) is 0 Å². The summed E-state index contributed by atoms with van der Waals surface area (Å²) in [6.07, 6.45) is 2.66. The van der Waals surface area contributed by atoms with E-state index in [4.69, 9.17) is 0 Å². The lowest BCUT2D eigenvalue weighted by molar-refractivity contribution is 0.0441. The van der Waals surface area contributed by atoms with Crippen LogP contribution in [0.1, 0.15) is 82.1 Å². The number of rotatable bonds is 9. The summed E-state index contributed by atoms with van der Waals surface area (Å²) in [5.41, 5.74) is 0. The van der Waals surface area contributed by atoms with Gasteiger partial charge in [-0.15, -0.1) is 0 Å². The maximum absolute atomic E-state index is 2.49. The minimum Gasteiger partial charge on any atom is -0.0651 e. The van der Waals surface area contributed by atoms with E-state index in [1.54, 1.807) is 0 Å². The molecule has 5 atom stereocenters. The molecule has 0 aliphatic heterocycles. The Kier molecular flexibility index (Phi) is 9.11. The minimum atomic E-state index is 0.793. The topological polar surface area (TPSA) is 0 Å². The van der Waals surface area contributed by atoms with Crippen LogP contribution in [0.2, 0.25) is 0 Å². The Morgan fingerprint density at radius 1 is 0.550 bits per heavy atom. The van der Waals surface area contributed by atoms with Crippen molar-refractivity contribution >= 4 is 0 Å². The number of hydrogen-bond donors (Lipinski definition) is 0. The molecule has 0 nitrogen and oxygen atoms in total. The summed E-state index contributed by atoms with van der Waals surface area (Å²) < 4.78 is 0. The lowest BCUT2D eigenvalue weighted by Gasteiger charge is -2.44. The molecule has 0 aromatic rings. The fourth-order valence-corrected chi connectivity index (χ4v) is 4.58. The van der Waals surface area contributed by atoms with Gasteiger partial charge in [-0.2, -0.15) is 0 Å². The molecule has 0 N–H and O–H groups in total. The van der Waals surface area contributed by atoms with Crippen molar-refractivity contribution in [3.63, 3.8) is 0 Å². The van der Waals surface area contributed by atoms with Crippen molar-refractivity contribution in [3.8, 4) is 0 Å². The molecule has 0 fully saturated rings. The van der Waals surface area contributed by atoms with E-state index in [1.165, 1.54) is 12.8 Å². The molecule has 0 aliphatic rings. The van der Waals surface area contributed by atoms with E-state index in [0.29, 0.717) is 0 Å². The molecule has 0 heteroatoms. The summed E-state index contributed by atoms with van der Waals surface area (Å²) in [5.74, 6) is 6.67. The Balaban J connectivity index is 5.42. The van der Waals surface area contributed by atoms with Gasteiger partial charge in [0, 0.05) is 0 Å². The summed E-state index contributed by atoms with van der Waals surface area (Å²) in [6, 6.07) is 0. The molecule has 0 amide bonds. The second kappa shape index (κ2) is 9.11. The summed E-state index contributed by atoms with van der Waals surface area (Å²) in [6.45, 7) is 24.3. The van der Waals surface area contributed by atoms with Gasteiger partial charge in [-0.25, -0.2) is 0 Å². The first-order chi connectivity index (χ1) is 9.18. The molecule has 0 saturated carbocycles. The van der Waals surface area contributed by atoms with Crippen LogP contribution in [-0.4, -0.2) is 0 Å². The van der Waals surface area contributed by atoms with Crippen LogP contribution >= 0.6 is 0 Å². The Bertz CT molecular complexity index is 238. The average molecular weight is 283 g/mol. The minimum absolute atomic E-state index is 0.793. The first-order valence-corrected chi connectivity index (χ1v) is 9.18. The van der Waals surface area contributed by atoms with Crippen LogP contribution in [0.15, 0.2) is 0 Å². The summed E-state index contributed by atoms with van der Waals surface area (Å²) in [5, 5.41) is 0. The molecule has 0 saturated heterocycles. The van der Waals surface area contributed by atoms with Crippen LogP contribution in [0.4, 0.5) is 0 Å². The van der Waals surface area contributed by atoms with Gasteiger partial charge >= 0.3 is 0 Å². The van der Waals surface area contributed by atoms with E-state index in [0.717, 1.165) is 47.3 Å². The van der Waals surface area contributed by atoms with Gasteiger partial charge in [0.25, 0.3) is 0 Å². The van der Waals surface area contributed by atoms with Crippen LogP contribution in [-0.2, 0) is 0 Å². The van der Waals surface area contributed by atoms with Gasteiger partial charge < -0.3 is 0 Å². The van der Waals surface area contributed by atoms with Crippen LogP contribution < -0.4 is 0 Å². The van der Waals surface area contributed by atoms with Gasteiger partial charge in [0.05, 0.1) is 0 Å². The van der Waals surface area contributed by atoms with E-state index in [9.17, 15) is 0 Å². The van der Waals surface area contributed by atoms with Crippen molar-refractivity contribution in [2.75, 3.05) is 0 Å². The smallest absolute Gasteiger partial charge is 0.0332 e. The average Bonchev–Trinajstić information content (AvgIpc) is 2.35. The van der Waals surface area contributed by atoms with Crippen LogP contribution in [0.5, 0.6) is 0 Å². The monoisotopic (exact) mass is 282 g/mol. The standard InChI is InChI=1S/C20H42/c1-11-16(9)19(14(5)6)18(12-2)20(15(7)8)17(10)13(3)4/h13-20H,11-12H2,1-10H3. The molecular weight excluding hydrogens is 240 g/mol. The van der Waals surface area contributed by atoms with Crippen molar-refractivity contribution in [2.45, 2.75) is 82.1 Å². The fourth-order valence-electron chi connectivity index (χ4n) is 4.58. The maximum atomic E-state index is 2.49. The van der Waals surface area contributed by atoms with Gasteiger partial charge in [-0.3, -0.25) is 0 Å². The van der Waals surface area contributed by atoms with Gasteiger partial charge in [-0.05, 0) is 47.3 Å². The zero-order chi connectivity index (χ0) is 16.0. The van der Waals surface area contributed by atoms with E-state index < -0.39 is 0 Å². The lowest BCUT2D eigenvalue weighted by atomic mass is 9.61. The summed E-state index contributed by atoms with van der Waals surface area (Å²) in [7, 11) is 0. The van der Waals surface area contributed by atoms with Crippen LogP contribution in [0.25, 0.3) is 0 Å². The molecule has 0 aliphatic carbocycles. The lowest BCUT2D eigenvalue weighted by Crippen LogP contribution is -2.38. The van der Waals surface area contributed by atoms with Gasteiger partial charge in [0.2, 0.25) is 0 Å². The fraction of sp³-hybridized carbons (Fsp3) is 1.00. The quantitative estimate of drug-likeness (QED) is 0.431. The first kappa shape index (κ1) is 20.0. The SMILES string of the molecule is CCC(C)C(C(C)C)C(CC)C(C(C)C)C(C)C(C)C. The van der Waals surface area contributed by atoms with E-state index in [-0.39, 0.29) is 0 Å². The van der Waals surface area contributed by atoms with Crippen molar-refractivity contribution in [1.82, 2.24) is 0 Å². The van der Waals surface area contributed by atoms with Crippen molar-refractivity contribution in [1.29, 1.82) is 0 Å². The number of hydrogen-bond acceptors (Lipinski definition) is 0. The maximum Gasteiger partial charge on any atom is -0.0332 e. The molecule has 20 heavy (non-hydrogen) atoms. The second-order valence-electron chi connectivity index (χ2n) is 8.20. The second-order valence-corrected chi connectivity index (χ2v) is 8.20. The van der Waals surface area contributed by atoms with Crippen LogP contribution in [0.3, 0.4) is 0 Å². The highest BCUT2D eigenvalue weighted by Crippen LogP contribution is 2.44. The summed E-state index contributed by atoms with van der Waals surface area (Å²) >= 11 is 0. The van der Waals surface area contributed by atoms with E-state index >= 15 is 0 Å². The van der Waals surface area contributed by atoms with Crippen LogP contribution in [0, 0.1) is 47.3 Å². The van der Waals surface area contributed by atoms with E-state index in [2.05, 4.69) is 69.2 Å². The molecular formula is C20H42. The van der Waals surface area contributed by atoms with Crippen molar-refractivity contribution in [2.24, 2.45) is 47.3 Å². The van der Waals surface area contributed by atoms with E-state index in [1.807, 2.05) is 0 Å². The molecule has 0 spiro atoms. The molecule has 0 radical (unpaired) electrons. The zero-order valence-electron chi connectivity index (χ0n) is 16.0. The van der Waals surface area contributed by atoms with Crippen molar-refractivity contribution < 1.29 is 0 Å². The summed E-state index contributed by atoms with van der Waals surface area (Å²) in [4.78, 5) is 0. The molecule has 0 aromatic heterocycles. The third kappa shape index (κ3) is 5.08. The molecule has 0 heterocycles. The molecule has 0 aromatic carbocycles. The van der Waals surface area contributed by atoms with Gasteiger partial charge in [0.1, 0.15) is 0 Å². The molecule has 0 bridgehead atoms. The normalized spacial score (nSPS) is 20.2. The predicted octanol–water partition coefficient (Wildman–Crippen LogP) is 6.90. The third-order valence-electron chi connectivity index (χ3n) is 5.96.